The molecule has 0 saturated carbocycles. The highest BCUT2D eigenvalue weighted by Crippen LogP contribution is 1.98. The molecule has 1 heterocycles. The van der Waals surface area contributed by atoms with E-state index >= 15 is 0 Å². The van der Waals surface area contributed by atoms with Crippen LogP contribution in [0.15, 0.2) is 12.2 Å². The summed E-state index contributed by atoms with van der Waals surface area (Å²) in [5.41, 5.74) is 10.6. The second-order valence-corrected chi connectivity index (χ2v) is 3.81. The quantitative estimate of drug-likeness (QED) is 0.339. The summed E-state index contributed by atoms with van der Waals surface area (Å²) in [6.07, 6.45) is 1.76. The number of nitrogens with one attached hydrogen (secondary N) is 1. The zero-order valence-corrected chi connectivity index (χ0v) is 9.71. The maximum absolute atomic E-state index is 10.7. The number of amides is 1. The van der Waals surface area contributed by atoms with Crippen LogP contribution < -0.4 is 16.8 Å². The van der Waals surface area contributed by atoms with E-state index in [1.165, 1.54) is 13.8 Å². The van der Waals surface area contributed by atoms with Crippen molar-refractivity contribution in [3.05, 3.63) is 12.2 Å². The first-order chi connectivity index (χ1) is 7.22. The zero-order valence-electron chi connectivity index (χ0n) is 9.71. The van der Waals surface area contributed by atoms with E-state index in [1.807, 2.05) is 0 Å². The minimum Gasteiger partial charge on any atom is -0.428 e. The molecule has 1 aliphatic rings. The molecule has 0 unspecified atom stereocenters. The van der Waals surface area contributed by atoms with Gasteiger partial charge in [0.2, 0.25) is 11.8 Å². The van der Waals surface area contributed by atoms with E-state index in [0.717, 1.165) is 19.4 Å². The maximum Gasteiger partial charge on any atom is 0.335 e. The van der Waals surface area contributed by atoms with Gasteiger partial charge in [-0.2, -0.15) is 0 Å². The molecule has 6 heteroatoms. The number of hydrogen-bond acceptors (Lipinski definition) is 5. The van der Waals surface area contributed by atoms with Crippen LogP contribution in [0, 0.1) is 0 Å². The van der Waals surface area contributed by atoms with Gasteiger partial charge in [0.15, 0.2) is 0 Å². The molecule has 1 aliphatic heterocycles. The number of carbonyl (C=O) groups is 2. The number of rotatable bonds is 2. The van der Waals surface area contributed by atoms with E-state index < -0.39 is 11.8 Å². The van der Waals surface area contributed by atoms with E-state index in [2.05, 4.69) is 16.6 Å². The SMILES string of the molecule is C=C(C)C(=O)OC(C)(N)N.O=C1CCCN1. The van der Waals surface area contributed by atoms with Crippen molar-refractivity contribution < 1.29 is 14.3 Å². The Hall–Kier alpha value is -1.40. The summed E-state index contributed by atoms with van der Waals surface area (Å²) in [6.45, 7) is 7.15. The highest BCUT2D eigenvalue weighted by molar-refractivity contribution is 5.87. The number of esters is 1. The van der Waals surface area contributed by atoms with Crippen molar-refractivity contribution in [1.29, 1.82) is 0 Å². The van der Waals surface area contributed by atoms with Gasteiger partial charge in [0, 0.05) is 25.5 Å². The minimum atomic E-state index is -1.41. The summed E-state index contributed by atoms with van der Waals surface area (Å²) in [7, 11) is 0. The molecule has 1 amide bonds. The van der Waals surface area contributed by atoms with Gasteiger partial charge in [0.1, 0.15) is 0 Å². The molecular formula is C10H19N3O3. The first kappa shape index (κ1) is 14.6. The van der Waals surface area contributed by atoms with Crippen molar-refractivity contribution in [3.63, 3.8) is 0 Å². The molecule has 0 aromatic rings. The molecule has 92 valence electrons. The van der Waals surface area contributed by atoms with Crippen LogP contribution in [0.5, 0.6) is 0 Å². The molecular weight excluding hydrogens is 210 g/mol. The Balaban J connectivity index is 0.000000315. The van der Waals surface area contributed by atoms with E-state index in [9.17, 15) is 9.59 Å². The van der Waals surface area contributed by atoms with Crippen LogP contribution in [0.3, 0.4) is 0 Å². The number of hydrogen-bond donors (Lipinski definition) is 3. The highest BCUT2D eigenvalue weighted by Gasteiger charge is 2.16. The van der Waals surface area contributed by atoms with Gasteiger partial charge in [-0.25, -0.2) is 4.79 Å². The number of nitrogens with two attached hydrogens (primary N) is 2. The van der Waals surface area contributed by atoms with Gasteiger partial charge >= 0.3 is 5.97 Å². The number of ether oxygens (including phenoxy) is 1. The van der Waals surface area contributed by atoms with Crippen molar-refractivity contribution in [2.45, 2.75) is 32.5 Å². The molecule has 16 heavy (non-hydrogen) atoms. The molecule has 1 rings (SSSR count). The summed E-state index contributed by atoms with van der Waals surface area (Å²) in [5.74, 6) is -1.78. The standard InChI is InChI=1S/C6H12N2O2.C4H7NO/c1-4(2)5(9)10-6(3,7)8;6-4-2-1-3-5-4/h1,7-8H2,2-3H3;1-3H2,(H,5,6). The minimum absolute atomic E-state index is 0.204. The van der Waals surface area contributed by atoms with Gasteiger partial charge in [-0.15, -0.1) is 0 Å². The van der Waals surface area contributed by atoms with Crippen molar-refractivity contribution in [3.8, 4) is 0 Å². The van der Waals surface area contributed by atoms with E-state index in [1.54, 1.807) is 0 Å². The monoisotopic (exact) mass is 229 g/mol. The van der Waals surface area contributed by atoms with Gasteiger partial charge in [-0.05, 0) is 13.3 Å². The van der Waals surface area contributed by atoms with Crippen LogP contribution in [0.2, 0.25) is 0 Å². The predicted octanol–water partition coefficient (Wildman–Crippen LogP) is -0.407. The lowest BCUT2D eigenvalue weighted by Crippen LogP contribution is -2.50. The zero-order chi connectivity index (χ0) is 12.8. The van der Waals surface area contributed by atoms with Crippen molar-refractivity contribution in [2.75, 3.05) is 6.54 Å². The van der Waals surface area contributed by atoms with Gasteiger partial charge in [0.25, 0.3) is 0 Å². The molecule has 6 nitrogen and oxygen atoms in total. The molecule has 0 spiro atoms. The van der Waals surface area contributed by atoms with Crippen LogP contribution in [0.25, 0.3) is 0 Å². The highest BCUT2D eigenvalue weighted by atomic mass is 16.6. The molecule has 1 fully saturated rings. The summed E-state index contributed by atoms with van der Waals surface area (Å²) in [4.78, 5) is 20.8. The van der Waals surface area contributed by atoms with Gasteiger partial charge in [-0.1, -0.05) is 6.58 Å². The molecule has 5 N–H and O–H groups in total. The molecule has 0 radical (unpaired) electrons. The van der Waals surface area contributed by atoms with Gasteiger partial charge in [-0.3, -0.25) is 16.3 Å². The van der Waals surface area contributed by atoms with Crippen LogP contribution in [-0.4, -0.2) is 24.3 Å². The van der Waals surface area contributed by atoms with E-state index in [0.29, 0.717) is 0 Å². The van der Waals surface area contributed by atoms with Crippen LogP contribution in [-0.2, 0) is 14.3 Å². The maximum atomic E-state index is 10.7. The summed E-state index contributed by atoms with van der Waals surface area (Å²) >= 11 is 0. The number of carbonyl (C=O) groups excluding carboxylic acids is 2. The Morgan fingerprint density at radius 2 is 2.12 bits per heavy atom. The second-order valence-electron chi connectivity index (χ2n) is 3.81. The Morgan fingerprint density at radius 1 is 1.56 bits per heavy atom. The first-order valence-corrected chi connectivity index (χ1v) is 4.95. The topological polar surface area (TPSA) is 107 Å². The average Bonchev–Trinajstić information content (AvgIpc) is 2.53. The smallest absolute Gasteiger partial charge is 0.335 e. The van der Waals surface area contributed by atoms with Crippen LogP contribution in [0.4, 0.5) is 0 Å². The molecule has 0 atom stereocenters. The lowest BCUT2D eigenvalue weighted by atomic mass is 10.3. The summed E-state index contributed by atoms with van der Waals surface area (Å²) < 4.78 is 4.52. The van der Waals surface area contributed by atoms with Crippen molar-refractivity contribution >= 4 is 11.9 Å². The van der Waals surface area contributed by atoms with E-state index in [4.69, 9.17) is 11.5 Å². The normalized spacial score (nSPS) is 14.6. The lowest BCUT2D eigenvalue weighted by molar-refractivity contribution is -0.151. The summed E-state index contributed by atoms with van der Waals surface area (Å²) in [5, 5.41) is 2.68. The molecule has 0 aliphatic carbocycles. The van der Waals surface area contributed by atoms with Crippen molar-refractivity contribution in [1.82, 2.24) is 5.32 Å². The van der Waals surface area contributed by atoms with Crippen LogP contribution >= 0.6 is 0 Å². The van der Waals surface area contributed by atoms with E-state index in [-0.39, 0.29) is 11.5 Å². The van der Waals surface area contributed by atoms with Gasteiger partial charge in [0.05, 0.1) is 0 Å². The Bertz CT molecular complexity index is 274. The fraction of sp³-hybridized carbons (Fsp3) is 0.600. The molecule has 0 bridgehead atoms. The predicted molar refractivity (Wildman–Crippen MR) is 59.9 cm³/mol. The van der Waals surface area contributed by atoms with Gasteiger partial charge < -0.3 is 10.1 Å². The third-order valence-electron chi connectivity index (χ3n) is 1.56. The molecule has 1 saturated heterocycles. The Kier molecular flexibility index (Phi) is 5.69. The fourth-order valence-electron chi connectivity index (χ4n) is 0.852. The first-order valence-electron chi connectivity index (χ1n) is 4.95. The third-order valence-corrected chi connectivity index (χ3v) is 1.56. The Labute approximate surface area is 95.0 Å². The average molecular weight is 229 g/mol. The van der Waals surface area contributed by atoms with Crippen LogP contribution in [0.1, 0.15) is 26.7 Å². The second kappa shape index (κ2) is 6.24. The largest absolute Gasteiger partial charge is 0.428 e. The molecule has 0 aromatic heterocycles. The third kappa shape index (κ3) is 7.95. The Morgan fingerprint density at radius 3 is 2.25 bits per heavy atom. The lowest BCUT2D eigenvalue weighted by Gasteiger charge is -2.18. The molecule has 0 aromatic carbocycles. The van der Waals surface area contributed by atoms with Crippen molar-refractivity contribution in [2.24, 2.45) is 11.5 Å². The summed E-state index contributed by atoms with van der Waals surface area (Å²) in [6, 6.07) is 0. The fourth-order valence-corrected chi connectivity index (χ4v) is 0.852.